The molecule has 0 unspecified atom stereocenters. The summed E-state index contributed by atoms with van der Waals surface area (Å²) in [5, 5.41) is 206. The van der Waals surface area contributed by atoms with Gasteiger partial charge in [0.1, 0.15) is 104 Å². The van der Waals surface area contributed by atoms with Crippen molar-refractivity contribution in [3.63, 3.8) is 0 Å². The minimum Gasteiger partial charge on any atom is -0.477 e. The minimum absolute atomic E-state index is 0.0896. The molecule has 4 fully saturated rings. The second kappa shape index (κ2) is 52.0. The molecule has 638 valence electrons. The molecule has 0 aromatic heterocycles. The van der Waals surface area contributed by atoms with Crippen molar-refractivity contribution in [2.75, 3.05) is 46.8 Å². The van der Waals surface area contributed by atoms with Gasteiger partial charge in [0.05, 0.1) is 69.5 Å². The second-order valence-corrected chi connectivity index (χ2v) is 29.9. The highest BCUT2D eigenvalue weighted by Gasteiger charge is 2.61. The third-order valence-corrected chi connectivity index (χ3v) is 21.1. The Balaban J connectivity index is 1.45. The Hall–Kier alpha value is -3.65. The molecule has 4 aliphatic heterocycles. The summed E-state index contributed by atoms with van der Waals surface area (Å²) in [5.74, 6) is -13.7. The van der Waals surface area contributed by atoms with Crippen molar-refractivity contribution in [2.45, 2.75) is 391 Å². The molecule has 0 spiro atoms. The van der Waals surface area contributed by atoms with E-state index in [0.717, 1.165) is 78.2 Å². The molecular weight excluding hydrogens is 1440 g/mol. The van der Waals surface area contributed by atoms with Crippen LogP contribution >= 0.6 is 0 Å². The summed E-state index contributed by atoms with van der Waals surface area (Å²) in [6.07, 6.45) is -12.6. The van der Waals surface area contributed by atoms with Crippen LogP contribution in [0.4, 0.5) is 0 Å². The van der Waals surface area contributed by atoms with Gasteiger partial charge in [-0.2, -0.15) is 0 Å². The topological polar surface area (TPSA) is 569 Å². The molecule has 26 atom stereocenters. The number of aliphatic hydroxyl groups is 16. The van der Waals surface area contributed by atoms with Crippen molar-refractivity contribution in [1.82, 2.24) is 16.0 Å². The number of amides is 3. The van der Waals surface area contributed by atoms with Crippen LogP contribution in [-0.2, 0) is 66.6 Å². The standard InChI is InChI=1S/C74H135N3O32/c1-5-7-9-11-13-15-17-18-19-20-21-22-23-25-27-29-31-33-35-47(84)68(96)76-45(57(89)46(83)34-32-30-28-26-24-16-14-12-10-8-6-2)42-102-69-62(94)61(93)64(53(41-81)105-69)106-70-63(95)67(60(92)52(40-80)104-70)109-74(72(99)100)37-49(86)56(65(108-74)58(90)50(87)38-78)77-54(88)43-103-73(71(97)98)36-48(85)55(75-44(3)82)66(107-73)59(91)51(39-79)101-4/h45-53,55-67,69-70,78-81,83-87,89-95H,5-43H2,1-4H3,(H,75,82)(H,76,96)(H,77,88)(H,97,98)(H,99,100)/t45-,46+,47+,48-,49-,50-,51-,52+,53+,55+,56+,57-,58-,59-,60-,61+,62+,63+,64+,65+,66+,67-,69+,70-,73+,74-/m0/s1. The fourth-order valence-electron chi connectivity index (χ4n) is 14.5. The first-order valence-corrected chi connectivity index (χ1v) is 39.8. The Bertz CT molecular complexity index is 2520. The number of carboxylic acids is 2. The molecule has 35 heteroatoms. The summed E-state index contributed by atoms with van der Waals surface area (Å²) in [6.45, 7) is -1.07. The largest absolute Gasteiger partial charge is 0.477 e. The van der Waals surface area contributed by atoms with E-state index in [1.165, 1.54) is 109 Å². The lowest BCUT2D eigenvalue weighted by molar-refractivity contribution is -0.386. The number of aliphatic carboxylic acids is 2. The Kier molecular flexibility index (Phi) is 46.7. The van der Waals surface area contributed by atoms with Gasteiger partial charge in [0.25, 0.3) is 11.6 Å². The van der Waals surface area contributed by atoms with Crippen LogP contribution in [0.15, 0.2) is 0 Å². The SMILES string of the molecule is CCCCCCCCCCCCCCCCCCCC[C@@H](O)C(=O)N[C@@H](CO[C@@H]1O[C@H](CO)[C@@H](O[C@@H]2O[C@H](CO)[C@H](O)[C@H](O[C@]3(C(=O)O)C[C@H](O)[C@@H](NC(=O)CO[C@]4(C(=O)O)C[C@H](O)[C@@H](NC(C)=O)[C@H]([C@@H](O)[C@H](CO)OC)O4)[C@H]([C@@H](O)[C@@H](O)CO)O3)[C@H]2O)[C@H](O)[C@H]1O)[C@H](O)[C@H](O)CCCCCCCCCCCCC. The molecule has 109 heavy (non-hydrogen) atoms. The normalized spacial score (nSPS) is 31.0. The van der Waals surface area contributed by atoms with Gasteiger partial charge in [-0.1, -0.05) is 200 Å². The molecule has 0 saturated carbocycles. The van der Waals surface area contributed by atoms with Crippen LogP contribution in [0.3, 0.4) is 0 Å². The summed E-state index contributed by atoms with van der Waals surface area (Å²) in [5.41, 5.74) is 0. The Morgan fingerprint density at radius 3 is 1.41 bits per heavy atom. The highest BCUT2D eigenvalue weighted by Crippen LogP contribution is 2.40. The zero-order valence-electron chi connectivity index (χ0n) is 64.2. The number of ether oxygens (including phenoxy) is 9. The van der Waals surface area contributed by atoms with E-state index in [0.29, 0.717) is 12.8 Å². The lowest BCUT2D eigenvalue weighted by Crippen LogP contribution is -2.71. The number of hydrogen-bond donors (Lipinski definition) is 21. The van der Waals surface area contributed by atoms with E-state index in [1.54, 1.807) is 0 Å². The number of aliphatic hydroxyl groups excluding tert-OH is 16. The number of carbonyl (C=O) groups excluding carboxylic acids is 3. The summed E-state index contributed by atoms with van der Waals surface area (Å²) >= 11 is 0. The summed E-state index contributed by atoms with van der Waals surface area (Å²) < 4.78 is 50.9. The maximum atomic E-state index is 13.8. The average Bonchev–Trinajstić information content (AvgIpc) is 0.753. The Morgan fingerprint density at radius 1 is 0.505 bits per heavy atom. The van der Waals surface area contributed by atoms with Crippen LogP contribution < -0.4 is 16.0 Å². The molecule has 0 aromatic carbocycles. The van der Waals surface area contributed by atoms with Gasteiger partial charge >= 0.3 is 11.9 Å². The summed E-state index contributed by atoms with van der Waals surface area (Å²) in [6, 6.07) is -5.10. The van der Waals surface area contributed by atoms with Gasteiger partial charge in [0.2, 0.25) is 17.7 Å². The number of methoxy groups -OCH3 is 1. The fourth-order valence-corrected chi connectivity index (χ4v) is 14.5. The monoisotopic (exact) mass is 1580 g/mol. The zero-order valence-corrected chi connectivity index (χ0v) is 64.2. The van der Waals surface area contributed by atoms with Crippen molar-refractivity contribution in [3.05, 3.63) is 0 Å². The lowest BCUT2D eigenvalue weighted by atomic mass is 9.88. The number of carboxylic acid groups (broad SMARTS) is 2. The third kappa shape index (κ3) is 31.1. The van der Waals surface area contributed by atoms with Crippen LogP contribution in [0.5, 0.6) is 0 Å². The molecule has 4 saturated heterocycles. The number of nitrogens with one attached hydrogen (secondary N) is 3. The first kappa shape index (κ1) is 97.7. The summed E-state index contributed by atoms with van der Waals surface area (Å²) in [4.78, 5) is 65.9. The maximum absolute atomic E-state index is 13.8. The zero-order chi connectivity index (χ0) is 80.8. The van der Waals surface area contributed by atoms with E-state index >= 15 is 0 Å². The smallest absolute Gasteiger partial charge is 0.364 e. The van der Waals surface area contributed by atoms with Crippen molar-refractivity contribution in [3.8, 4) is 0 Å². The second-order valence-electron chi connectivity index (χ2n) is 29.9. The van der Waals surface area contributed by atoms with E-state index in [1.807, 2.05) is 0 Å². The average molecular weight is 1580 g/mol. The first-order chi connectivity index (χ1) is 52.1. The lowest BCUT2D eigenvalue weighted by Gasteiger charge is -2.50. The number of unbranched alkanes of at least 4 members (excludes halogenated alkanes) is 27. The highest BCUT2D eigenvalue weighted by atomic mass is 16.8. The van der Waals surface area contributed by atoms with Crippen molar-refractivity contribution < 1.29 is 159 Å². The van der Waals surface area contributed by atoms with Gasteiger partial charge in [-0.3, -0.25) is 14.4 Å². The van der Waals surface area contributed by atoms with E-state index in [2.05, 4.69) is 29.8 Å². The number of hydrogen-bond acceptors (Lipinski definition) is 30. The van der Waals surface area contributed by atoms with Gasteiger partial charge in [0, 0.05) is 26.9 Å². The minimum atomic E-state index is -3.39. The van der Waals surface area contributed by atoms with Crippen LogP contribution in [0, 0.1) is 0 Å². The molecule has 0 aliphatic carbocycles. The van der Waals surface area contributed by atoms with Gasteiger partial charge < -0.3 is 150 Å². The predicted octanol–water partition coefficient (Wildman–Crippen LogP) is -0.698. The van der Waals surface area contributed by atoms with Crippen molar-refractivity contribution in [1.29, 1.82) is 0 Å². The Morgan fingerprint density at radius 2 is 0.954 bits per heavy atom. The van der Waals surface area contributed by atoms with E-state index < -0.39 is 240 Å². The van der Waals surface area contributed by atoms with Gasteiger partial charge in [-0.15, -0.1) is 0 Å². The van der Waals surface area contributed by atoms with Crippen molar-refractivity contribution in [2.24, 2.45) is 0 Å². The number of carbonyl (C=O) groups is 5. The molecule has 0 aromatic rings. The third-order valence-electron chi connectivity index (χ3n) is 21.1. The molecule has 4 rings (SSSR count). The Labute approximate surface area is 639 Å². The summed E-state index contributed by atoms with van der Waals surface area (Å²) in [7, 11) is 1.06. The maximum Gasteiger partial charge on any atom is 0.364 e. The number of rotatable bonds is 58. The van der Waals surface area contributed by atoms with Gasteiger partial charge in [0.15, 0.2) is 12.6 Å². The fraction of sp³-hybridized carbons (Fsp3) is 0.932. The highest BCUT2D eigenvalue weighted by molar-refractivity contribution is 5.81. The molecule has 4 heterocycles. The predicted molar refractivity (Wildman–Crippen MR) is 386 cm³/mol. The molecule has 0 radical (unpaired) electrons. The van der Waals surface area contributed by atoms with Crippen LogP contribution in [0.25, 0.3) is 0 Å². The molecular formula is C74H135N3O32. The molecule has 0 bridgehead atoms. The van der Waals surface area contributed by atoms with E-state index in [4.69, 9.17) is 42.6 Å². The van der Waals surface area contributed by atoms with E-state index in [9.17, 15) is 116 Å². The van der Waals surface area contributed by atoms with Crippen LogP contribution in [0.2, 0.25) is 0 Å². The van der Waals surface area contributed by atoms with Crippen molar-refractivity contribution >= 4 is 29.7 Å². The molecule has 35 nitrogen and oxygen atoms in total. The molecule has 21 N–H and O–H groups in total. The molecule has 4 aliphatic rings. The van der Waals surface area contributed by atoms with Crippen LogP contribution in [0.1, 0.15) is 233 Å². The van der Waals surface area contributed by atoms with Gasteiger partial charge in [-0.05, 0) is 12.8 Å². The quantitative estimate of drug-likeness (QED) is 0.0335. The first-order valence-electron chi connectivity index (χ1n) is 39.8. The van der Waals surface area contributed by atoms with Crippen LogP contribution in [-0.4, -0.2) is 327 Å². The van der Waals surface area contributed by atoms with Gasteiger partial charge in [-0.25, -0.2) is 9.59 Å². The molecule has 3 amide bonds. The van der Waals surface area contributed by atoms with E-state index in [-0.39, 0.29) is 12.8 Å².